The number of aromatic nitrogens is 2. The van der Waals surface area contributed by atoms with E-state index >= 15 is 0 Å². The van der Waals surface area contributed by atoms with Crippen LogP contribution in [0.25, 0.3) is 11.0 Å². The number of hydrogen-bond acceptors (Lipinski definition) is 2. The molecule has 0 amide bonds. The van der Waals surface area contributed by atoms with E-state index < -0.39 is 11.6 Å². The second-order valence-electron chi connectivity index (χ2n) is 6.71. The molecule has 0 fully saturated rings. The first kappa shape index (κ1) is 20.3. The van der Waals surface area contributed by atoms with Crippen LogP contribution in [0.3, 0.4) is 0 Å². The number of rotatable bonds is 4. The van der Waals surface area contributed by atoms with Crippen LogP contribution in [0.2, 0.25) is 5.02 Å². The van der Waals surface area contributed by atoms with Gasteiger partial charge in [-0.1, -0.05) is 25.4 Å². The second-order valence-corrected chi connectivity index (χ2v) is 8.77. The van der Waals surface area contributed by atoms with Gasteiger partial charge in [0.25, 0.3) is 0 Å². The van der Waals surface area contributed by atoms with E-state index in [1.165, 1.54) is 16.7 Å². The maximum absolute atomic E-state index is 13.6. The van der Waals surface area contributed by atoms with Gasteiger partial charge >= 0.3 is 5.69 Å². The molecule has 3 aromatic rings. The molecule has 0 aliphatic heterocycles. The third-order valence-electron chi connectivity index (χ3n) is 4.26. The van der Waals surface area contributed by atoms with Crippen LogP contribution in [0, 0.1) is 11.7 Å². The summed E-state index contributed by atoms with van der Waals surface area (Å²) in [5.41, 5.74) is 1.48. The molecule has 0 unspecified atom stereocenters. The average Bonchev–Trinajstić information content (AvgIpc) is 2.81. The van der Waals surface area contributed by atoms with Crippen molar-refractivity contribution in [3.63, 3.8) is 0 Å². The number of halogens is 4. The van der Waals surface area contributed by atoms with Gasteiger partial charge in [-0.3, -0.25) is 13.9 Å². The number of hydrogen-bond donors (Lipinski definition) is 0. The van der Waals surface area contributed by atoms with E-state index in [-0.39, 0.29) is 27.8 Å². The fourth-order valence-electron chi connectivity index (χ4n) is 3.06. The van der Waals surface area contributed by atoms with Crippen LogP contribution in [0.1, 0.15) is 29.8 Å². The summed E-state index contributed by atoms with van der Waals surface area (Å²) < 4.78 is 17.8. The zero-order valence-corrected chi connectivity index (χ0v) is 18.7. The van der Waals surface area contributed by atoms with Gasteiger partial charge < -0.3 is 0 Å². The molecule has 27 heavy (non-hydrogen) atoms. The number of carbonyl (C=O) groups is 1. The molecule has 2 aromatic carbocycles. The SMILES string of the molecule is CC(C)Cn1c(=O)n(C)c2c(Br)c(C(=O)c3cc(F)ccc3Cl)c(Br)cc21. The maximum Gasteiger partial charge on any atom is 0.328 e. The minimum absolute atomic E-state index is 0.0593. The Labute approximate surface area is 177 Å². The Balaban J connectivity index is 2.30. The Morgan fingerprint density at radius 2 is 1.93 bits per heavy atom. The van der Waals surface area contributed by atoms with Gasteiger partial charge in [0.15, 0.2) is 5.78 Å². The van der Waals surface area contributed by atoms with Crippen molar-refractivity contribution in [2.45, 2.75) is 20.4 Å². The first-order valence-corrected chi connectivity index (χ1v) is 10.2. The number of carbonyl (C=O) groups excluding carboxylic acids is 1. The van der Waals surface area contributed by atoms with E-state index in [0.29, 0.717) is 26.5 Å². The van der Waals surface area contributed by atoms with Gasteiger partial charge in [0, 0.05) is 23.6 Å². The Bertz CT molecular complexity index is 1140. The summed E-state index contributed by atoms with van der Waals surface area (Å²) in [6.45, 7) is 4.61. The second kappa shape index (κ2) is 7.53. The highest BCUT2D eigenvalue weighted by Gasteiger charge is 2.25. The molecule has 4 nitrogen and oxygen atoms in total. The average molecular weight is 519 g/mol. The van der Waals surface area contributed by atoms with Gasteiger partial charge in [0.05, 0.1) is 26.1 Å². The molecule has 0 bridgehead atoms. The molecule has 1 aromatic heterocycles. The molecular formula is C19H16Br2ClFN2O2. The van der Waals surface area contributed by atoms with Crippen molar-refractivity contribution in [2.75, 3.05) is 0 Å². The number of ketones is 1. The van der Waals surface area contributed by atoms with Crippen molar-refractivity contribution in [3.8, 4) is 0 Å². The van der Waals surface area contributed by atoms with E-state index in [1.54, 1.807) is 17.7 Å². The summed E-state index contributed by atoms with van der Waals surface area (Å²) in [6.07, 6.45) is 0. The van der Waals surface area contributed by atoms with Crippen LogP contribution in [0.15, 0.2) is 38.0 Å². The Morgan fingerprint density at radius 1 is 1.26 bits per heavy atom. The molecular weight excluding hydrogens is 502 g/mol. The van der Waals surface area contributed by atoms with E-state index in [4.69, 9.17) is 11.6 Å². The van der Waals surface area contributed by atoms with Crippen LogP contribution in [-0.2, 0) is 13.6 Å². The van der Waals surface area contributed by atoms with E-state index in [0.717, 1.165) is 6.07 Å². The Morgan fingerprint density at radius 3 is 2.56 bits per heavy atom. The largest absolute Gasteiger partial charge is 0.328 e. The first-order valence-electron chi connectivity index (χ1n) is 8.20. The molecule has 0 saturated heterocycles. The van der Waals surface area contributed by atoms with E-state index in [9.17, 15) is 14.0 Å². The van der Waals surface area contributed by atoms with Crippen molar-refractivity contribution in [1.29, 1.82) is 0 Å². The fourth-order valence-corrected chi connectivity index (χ4v) is 4.98. The lowest BCUT2D eigenvalue weighted by Gasteiger charge is -2.12. The minimum Gasteiger partial charge on any atom is -0.294 e. The monoisotopic (exact) mass is 516 g/mol. The van der Waals surface area contributed by atoms with Crippen molar-refractivity contribution < 1.29 is 9.18 Å². The highest BCUT2D eigenvalue weighted by atomic mass is 79.9. The highest BCUT2D eigenvalue weighted by molar-refractivity contribution is 9.11. The Kier molecular flexibility index (Phi) is 5.66. The van der Waals surface area contributed by atoms with Crippen LogP contribution in [-0.4, -0.2) is 14.9 Å². The molecule has 8 heteroatoms. The van der Waals surface area contributed by atoms with Crippen LogP contribution >= 0.6 is 43.5 Å². The standard InChI is InChI=1S/C19H16Br2ClFN2O2/c1-9(2)8-25-14-7-12(20)15(16(21)17(14)24(3)19(25)27)18(26)11-6-10(23)4-5-13(11)22/h4-7,9H,8H2,1-3H3. The molecule has 1 heterocycles. The topological polar surface area (TPSA) is 44.0 Å². The third kappa shape index (κ3) is 3.52. The number of benzene rings is 2. The number of imidazole rings is 1. The number of nitrogens with zero attached hydrogens (tertiary/aromatic N) is 2. The summed E-state index contributed by atoms with van der Waals surface area (Å²) in [5, 5.41) is 0.159. The van der Waals surface area contributed by atoms with Crippen molar-refractivity contribution in [1.82, 2.24) is 9.13 Å². The molecule has 0 N–H and O–H groups in total. The predicted octanol–water partition coefficient (Wildman–Crippen LogP) is 5.54. The van der Waals surface area contributed by atoms with Gasteiger partial charge in [0.1, 0.15) is 5.82 Å². The molecule has 0 radical (unpaired) electrons. The van der Waals surface area contributed by atoms with Crippen molar-refractivity contribution in [3.05, 3.63) is 65.7 Å². The number of aryl methyl sites for hydroxylation is 1. The van der Waals surface area contributed by atoms with E-state index in [1.807, 2.05) is 13.8 Å². The zero-order chi connectivity index (χ0) is 20.0. The lowest BCUT2D eigenvalue weighted by molar-refractivity contribution is 0.103. The lowest BCUT2D eigenvalue weighted by atomic mass is 10.0. The van der Waals surface area contributed by atoms with Gasteiger partial charge in [-0.25, -0.2) is 9.18 Å². The Hall–Kier alpha value is -1.44. The van der Waals surface area contributed by atoms with Gasteiger partial charge in [-0.2, -0.15) is 0 Å². The zero-order valence-electron chi connectivity index (χ0n) is 14.8. The number of fused-ring (bicyclic) bond motifs is 1. The molecule has 0 spiro atoms. The lowest BCUT2D eigenvalue weighted by Crippen LogP contribution is -2.24. The molecule has 3 rings (SSSR count). The summed E-state index contributed by atoms with van der Waals surface area (Å²) in [7, 11) is 1.66. The molecule has 142 valence electrons. The van der Waals surface area contributed by atoms with Gasteiger partial charge in [-0.05, 0) is 62.0 Å². The normalized spacial score (nSPS) is 11.6. The fraction of sp³-hybridized carbons (Fsp3) is 0.263. The summed E-state index contributed by atoms with van der Waals surface area (Å²) in [5.74, 6) is -0.714. The smallest absolute Gasteiger partial charge is 0.294 e. The van der Waals surface area contributed by atoms with Crippen molar-refractivity contribution in [2.24, 2.45) is 13.0 Å². The maximum atomic E-state index is 13.6. The summed E-state index contributed by atoms with van der Waals surface area (Å²) in [6, 6.07) is 5.39. The quantitative estimate of drug-likeness (QED) is 0.426. The van der Waals surface area contributed by atoms with E-state index in [2.05, 4.69) is 31.9 Å². The summed E-state index contributed by atoms with van der Waals surface area (Å²) in [4.78, 5) is 25.8. The molecule has 0 aliphatic carbocycles. The minimum atomic E-state index is -0.549. The summed E-state index contributed by atoms with van der Waals surface area (Å²) >= 11 is 13.0. The van der Waals surface area contributed by atoms with Crippen LogP contribution in [0.4, 0.5) is 4.39 Å². The van der Waals surface area contributed by atoms with Crippen LogP contribution < -0.4 is 5.69 Å². The van der Waals surface area contributed by atoms with Crippen molar-refractivity contribution >= 4 is 60.3 Å². The highest BCUT2D eigenvalue weighted by Crippen LogP contribution is 2.36. The predicted molar refractivity (Wildman–Crippen MR) is 112 cm³/mol. The molecule has 0 atom stereocenters. The molecule has 0 aliphatic rings. The van der Waals surface area contributed by atoms with Crippen LogP contribution in [0.5, 0.6) is 0 Å². The van der Waals surface area contributed by atoms with Gasteiger partial charge in [0.2, 0.25) is 0 Å². The first-order chi connectivity index (χ1) is 12.6. The third-order valence-corrected chi connectivity index (χ3v) is 5.99. The molecule has 0 saturated carbocycles. The van der Waals surface area contributed by atoms with Gasteiger partial charge in [-0.15, -0.1) is 0 Å².